The number of hydrogen-bond acceptors (Lipinski definition) is 3. The van der Waals surface area contributed by atoms with Gasteiger partial charge in [-0.3, -0.25) is 0 Å². The molecule has 0 aliphatic rings. The van der Waals surface area contributed by atoms with E-state index in [1.54, 1.807) is 7.11 Å². The average Bonchev–Trinajstić information content (AvgIpc) is 2.28. The highest BCUT2D eigenvalue weighted by Crippen LogP contribution is 2.26. The van der Waals surface area contributed by atoms with E-state index in [4.69, 9.17) is 15.2 Å². The third kappa shape index (κ3) is 4.31. The first-order chi connectivity index (χ1) is 8.35. The van der Waals surface area contributed by atoms with Crippen LogP contribution in [0.2, 0.25) is 0 Å². The molecule has 0 spiro atoms. The molecule has 1 rings (SSSR count). The van der Waals surface area contributed by atoms with Crippen molar-refractivity contribution in [2.24, 2.45) is 5.73 Å². The number of rotatable bonds is 6. The van der Waals surface area contributed by atoms with E-state index in [1.807, 2.05) is 19.1 Å². The van der Waals surface area contributed by atoms with E-state index in [0.717, 1.165) is 17.7 Å². The lowest BCUT2D eigenvalue weighted by atomic mass is 10.0. The van der Waals surface area contributed by atoms with Crippen molar-refractivity contribution in [1.82, 2.24) is 0 Å². The van der Waals surface area contributed by atoms with E-state index in [2.05, 4.69) is 26.8 Å². The summed E-state index contributed by atoms with van der Waals surface area (Å²) in [6.07, 6.45) is 0.843. The molecule has 0 fully saturated rings. The van der Waals surface area contributed by atoms with E-state index < -0.39 is 0 Å². The number of aryl methyl sites for hydroxylation is 1. The molecule has 1 atom stereocenters. The topological polar surface area (TPSA) is 44.5 Å². The Bertz CT molecular complexity index is 386. The van der Waals surface area contributed by atoms with Crippen LogP contribution in [0.3, 0.4) is 0 Å². The molecule has 0 bridgehead atoms. The van der Waals surface area contributed by atoms with Gasteiger partial charge in [-0.15, -0.1) is 0 Å². The van der Waals surface area contributed by atoms with Crippen molar-refractivity contribution in [3.63, 3.8) is 0 Å². The van der Waals surface area contributed by atoms with Crippen LogP contribution >= 0.6 is 0 Å². The van der Waals surface area contributed by atoms with E-state index >= 15 is 0 Å². The van der Waals surface area contributed by atoms with Gasteiger partial charge in [-0.2, -0.15) is 0 Å². The summed E-state index contributed by atoms with van der Waals surface area (Å²) in [5.41, 5.74) is 8.02. The van der Waals surface area contributed by atoms with Gasteiger partial charge in [-0.1, -0.05) is 12.1 Å². The van der Waals surface area contributed by atoms with Gasteiger partial charge in [-0.25, -0.2) is 0 Å². The first kappa shape index (κ1) is 15.0. The second kappa shape index (κ2) is 6.21. The Labute approximate surface area is 110 Å². The molecule has 0 unspecified atom stereocenters. The molecule has 18 heavy (non-hydrogen) atoms. The Hall–Kier alpha value is -1.06. The second-order valence-electron chi connectivity index (χ2n) is 5.39. The first-order valence-electron chi connectivity index (χ1n) is 6.40. The van der Waals surface area contributed by atoms with Crippen LogP contribution in [0.1, 0.15) is 44.4 Å². The lowest BCUT2D eigenvalue weighted by Gasteiger charge is -2.23. The Morgan fingerprint density at radius 2 is 2.00 bits per heavy atom. The lowest BCUT2D eigenvalue weighted by Crippen LogP contribution is -2.25. The summed E-state index contributed by atoms with van der Waals surface area (Å²) in [6, 6.07) is 6.12. The fourth-order valence-corrected chi connectivity index (χ4v) is 1.65. The maximum atomic E-state index is 5.94. The van der Waals surface area contributed by atoms with Crippen LogP contribution in [0.4, 0.5) is 0 Å². The molecule has 3 heteroatoms. The molecule has 0 aliphatic carbocycles. The molecular formula is C15H25NO2. The van der Waals surface area contributed by atoms with Crippen LogP contribution < -0.4 is 10.5 Å². The number of methoxy groups -OCH3 is 1. The number of nitrogens with two attached hydrogens (primary N) is 1. The van der Waals surface area contributed by atoms with E-state index in [0.29, 0.717) is 6.61 Å². The smallest absolute Gasteiger partial charge is 0.124 e. The summed E-state index contributed by atoms with van der Waals surface area (Å²) in [5, 5.41) is 0. The normalized spacial score (nSPS) is 13.4. The van der Waals surface area contributed by atoms with Crippen LogP contribution in [-0.2, 0) is 4.74 Å². The summed E-state index contributed by atoms with van der Waals surface area (Å²) in [5.74, 6) is 0.886. The minimum Gasteiger partial charge on any atom is -0.493 e. The summed E-state index contributed by atoms with van der Waals surface area (Å²) in [4.78, 5) is 0. The molecule has 0 aromatic heterocycles. The summed E-state index contributed by atoms with van der Waals surface area (Å²) in [7, 11) is 1.72. The van der Waals surface area contributed by atoms with Gasteiger partial charge < -0.3 is 15.2 Å². The number of hydrogen-bond donors (Lipinski definition) is 1. The maximum Gasteiger partial charge on any atom is 0.124 e. The fourth-order valence-electron chi connectivity index (χ4n) is 1.65. The molecule has 0 aliphatic heterocycles. The summed E-state index contributed by atoms with van der Waals surface area (Å²) < 4.78 is 11.2. The van der Waals surface area contributed by atoms with Crippen molar-refractivity contribution < 1.29 is 9.47 Å². The molecular weight excluding hydrogens is 226 g/mol. The van der Waals surface area contributed by atoms with Crippen molar-refractivity contribution in [2.75, 3.05) is 13.7 Å². The Balaban J connectivity index is 2.69. The Morgan fingerprint density at radius 1 is 1.33 bits per heavy atom. The van der Waals surface area contributed by atoms with E-state index in [1.165, 1.54) is 5.56 Å². The fraction of sp³-hybridized carbons (Fsp3) is 0.600. The Morgan fingerprint density at radius 3 is 2.56 bits per heavy atom. The van der Waals surface area contributed by atoms with Gasteiger partial charge in [0.25, 0.3) is 0 Å². The highest BCUT2D eigenvalue weighted by atomic mass is 16.5. The van der Waals surface area contributed by atoms with Crippen LogP contribution in [0.15, 0.2) is 18.2 Å². The van der Waals surface area contributed by atoms with Gasteiger partial charge >= 0.3 is 0 Å². The molecule has 1 aromatic rings. The molecule has 0 amide bonds. The zero-order valence-corrected chi connectivity index (χ0v) is 12.1. The zero-order chi connectivity index (χ0) is 13.8. The molecule has 102 valence electrons. The van der Waals surface area contributed by atoms with Gasteiger partial charge in [0.1, 0.15) is 5.75 Å². The van der Waals surface area contributed by atoms with Crippen LogP contribution in [0, 0.1) is 6.92 Å². The van der Waals surface area contributed by atoms with Crippen LogP contribution in [0.5, 0.6) is 5.75 Å². The minimum absolute atomic E-state index is 0.0176. The third-order valence-electron chi connectivity index (χ3n) is 3.17. The van der Waals surface area contributed by atoms with Gasteiger partial charge in [-0.05, 0) is 39.3 Å². The standard InChI is InChI=1S/C15H25NO2/c1-11-6-7-13(12(2)16)14(10-11)18-9-8-15(3,4)17-5/h6-7,10,12H,8-9,16H2,1-5H3/t12-/m1/s1. The van der Waals surface area contributed by atoms with E-state index in [-0.39, 0.29) is 11.6 Å². The van der Waals surface area contributed by atoms with Gasteiger partial charge in [0, 0.05) is 25.1 Å². The van der Waals surface area contributed by atoms with Crippen molar-refractivity contribution in [3.8, 4) is 5.75 Å². The van der Waals surface area contributed by atoms with Crippen molar-refractivity contribution >= 4 is 0 Å². The SMILES string of the molecule is COC(C)(C)CCOc1cc(C)ccc1[C@@H](C)N. The molecule has 3 nitrogen and oxygen atoms in total. The lowest BCUT2D eigenvalue weighted by molar-refractivity contribution is 0.00536. The summed E-state index contributed by atoms with van der Waals surface area (Å²) in [6.45, 7) is 8.76. The van der Waals surface area contributed by atoms with Crippen molar-refractivity contribution in [1.29, 1.82) is 0 Å². The Kier molecular flexibility index (Phi) is 5.17. The molecule has 0 radical (unpaired) electrons. The van der Waals surface area contributed by atoms with Crippen LogP contribution in [-0.4, -0.2) is 19.3 Å². The largest absolute Gasteiger partial charge is 0.493 e. The monoisotopic (exact) mass is 251 g/mol. The quantitative estimate of drug-likeness (QED) is 0.844. The van der Waals surface area contributed by atoms with Crippen molar-refractivity contribution in [2.45, 2.75) is 45.8 Å². The van der Waals surface area contributed by atoms with E-state index in [9.17, 15) is 0 Å². The van der Waals surface area contributed by atoms with Crippen LogP contribution in [0.25, 0.3) is 0 Å². The molecule has 0 heterocycles. The van der Waals surface area contributed by atoms with Gasteiger partial charge in [0.05, 0.1) is 12.2 Å². The average molecular weight is 251 g/mol. The van der Waals surface area contributed by atoms with Gasteiger partial charge in [0.15, 0.2) is 0 Å². The zero-order valence-electron chi connectivity index (χ0n) is 12.1. The minimum atomic E-state index is -0.154. The van der Waals surface area contributed by atoms with Crippen molar-refractivity contribution in [3.05, 3.63) is 29.3 Å². The number of ether oxygens (including phenoxy) is 2. The molecule has 1 aromatic carbocycles. The second-order valence-corrected chi connectivity index (χ2v) is 5.39. The summed E-state index contributed by atoms with van der Waals surface area (Å²) >= 11 is 0. The molecule has 0 saturated carbocycles. The molecule has 2 N–H and O–H groups in total. The highest BCUT2D eigenvalue weighted by Gasteiger charge is 2.17. The maximum absolute atomic E-state index is 5.94. The highest BCUT2D eigenvalue weighted by molar-refractivity contribution is 5.38. The third-order valence-corrected chi connectivity index (χ3v) is 3.17. The number of benzene rings is 1. The van der Waals surface area contributed by atoms with Gasteiger partial charge in [0.2, 0.25) is 0 Å². The predicted molar refractivity (Wildman–Crippen MR) is 75.0 cm³/mol. The molecule has 0 saturated heterocycles. The first-order valence-corrected chi connectivity index (χ1v) is 6.40. The predicted octanol–water partition coefficient (Wildman–Crippen LogP) is 3.21.